The molecule has 0 spiro atoms. The summed E-state index contributed by atoms with van der Waals surface area (Å²) >= 11 is 0. The van der Waals surface area contributed by atoms with E-state index < -0.39 is 11.7 Å². The number of nitrogens with one attached hydrogen (secondary N) is 1. The fourth-order valence-electron chi connectivity index (χ4n) is 1.41. The van der Waals surface area contributed by atoms with E-state index in [4.69, 9.17) is 11.5 Å². The summed E-state index contributed by atoms with van der Waals surface area (Å²) in [5, 5.41) is 2.67. The summed E-state index contributed by atoms with van der Waals surface area (Å²) in [5.41, 5.74) is 10.9. The Bertz CT molecular complexity index is 597. The molecule has 0 aromatic carbocycles. The van der Waals surface area contributed by atoms with E-state index in [1.807, 2.05) is 0 Å². The Labute approximate surface area is 106 Å². The van der Waals surface area contributed by atoms with Gasteiger partial charge < -0.3 is 16.8 Å². The Balaban J connectivity index is 2.31. The minimum atomic E-state index is -4.43. The number of nitrogen functional groups attached to an aromatic ring is 2. The van der Waals surface area contributed by atoms with E-state index in [0.29, 0.717) is 5.69 Å². The van der Waals surface area contributed by atoms with Crippen molar-refractivity contribution in [1.82, 2.24) is 9.97 Å². The van der Waals surface area contributed by atoms with Gasteiger partial charge in [-0.3, -0.25) is 0 Å². The maximum atomic E-state index is 12.5. The molecule has 2 rings (SSSR count). The van der Waals surface area contributed by atoms with Crippen LogP contribution in [0.2, 0.25) is 0 Å². The highest BCUT2D eigenvalue weighted by atomic mass is 19.4. The highest BCUT2D eigenvalue weighted by Crippen LogP contribution is 2.31. The highest BCUT2D eigenvalue weighted by Gasteiger charge is 2.30. The Kier molecular flexibility index (Phi) is 3.16. The maximum absolute atomic E-state index is 12.5. The Morgan fingerprint density at radius 3 is 2.42 bits per heavy atom. The number of nitrogens with zero attached hydrogens (tertiary/aromatic N) is 2. The Morgan fingerprint density at radius 1 is 1.05 bits per heavy atom. The molecular formula is C11H10F3N5. The van der Waals surface area contributed by atoms with Gasteiger partial charge in [-0.2, -0.15) is 13.2 Å². The minimum Gasteiger partial charge on any atom is -0.394 e. The molecule has 5 nitrogen and oxygen atoms in total. The molecule has 2 heterocycles. The number of alkyl halides is 3. The molecule has 0 fully saturated rings. The molecule has 0 aliphatic rings. The summed E-state index contributed by atoms with van der Waals surface area (Å²) in [5.74, 6) is 0.115. The molecule has 2 aromatic rings. The second-order valence-electron chi connectivity index (χ2n) is 3.71. The van der Waals surface area contributed by atoms with Crippen LogP contribution >= 0.6 is 0 Å². The first-order valence-electron chi connectivity index (χ1n) is 5.18. The number of pyridine rings is 2. The van der Waals surface area contributed by atoms with Crippen LogP contribution in [0.15, 0.2) is 30.6 Å². The fraction of sp³-hybridized carbons (Fsp3) is 0.0909. The van der Waals surface area contributed by atoms with Crippen LogP contribution in [-0.4, -0.2) is 9.97 Å². The van der Waals surface area contributed by atoms with E-state index >= 15 is 0 Å². The van der Waals surface area contributed by atoms with Gasteiger partial charge in [0.2, 0.25) is 0 Å². The molecule has 2 aromatic heterocycles. The molecule has 0 atom stereocenters. The van der Waals surface area contributed by atoms with E-state index in [1.54, 1.807) is 0 Å². The van der Waals surface area contributed by atoms with Crippen molar-refractivity contribution in [2.45, 2.75) is 6.18 Å². The maximum Gasteiger partial charge on any atom is 0.416 e. The SMILES string of the molecule is Nc1nccc(Nc2cc(C(F)(F)F)ccn2)c1N. The van der Waals surface area contributed by atoms with Crippen molar-refractivity contribution >= 4 is 23.0 Å². The number of hydrogen-bond donors (Lipinski definition) is 3. The highest BCUT2D eigenvalue weighted by molar-refractivity contribution is 5.78. The quantitative estimate of drug-likeness (QED) is 0.778. The van der Waals surface area contributed by atoms with E-state index in [1.165, 1.54) is 12.3 Å². The zero-order chi connectivity index (χ0) is 14.0. The number of hydrogen-bond acceptors (Lipinski definition) is 5. The van der Waals surface area contributed by atoms with Crippen LogP contribution < -0.4 is 16.8 Å². The average Bonchev–Trinajstić information content (AvgIpc) is 2.34. The zero-order valence-corrected chi connectivity index (χ0v) is 9.57. The first-order chi connectivity index (χ1) is 8.88. The van der Waals surface area contributed by atoms with Crippen molar-refractivity contribution in [2.24, 2.45) is 0 Å². The summed E-state index contributed by atoms with van der Waals surface area (Å²) in [6, 6.07) is 3.26. The first kappa shape index (κ1) is 12.9. The van der Waals surface area contributed by atoms with Crippen molar-refractivity contribution < 1.29 is 13.2 Å². The lowest BCUT2D eigenvalue weighted by Gasteiger charge is -2.11. The monoisotopic (exact) mass is 269 g/mol. The minimum absolute atomic E-state index is 0.0205. The number of nitrogens with two attached hydrogens (primary N) is 2. The van der Waals surface area contributed by atoms with Crippen LogP contribution in [0.1, 0.15) is 5.56 Å². The van der Waals surface area contributed by atoms with E-state index in [-0.39, 0.29) is 17.3 Å². The summed E-state index contributed by atoms with van der Waals surface area (Å²) in [4.78, 5) is 7.54. The predicted octanol–water partition coefficient (Wildman–Crippen LogP) is 2.40. The van der Waals surface area contributed by atoms with Gasteiger partial charge in [0, 0.05) is 12.4 Å². The number of aromatic nitrogens is 2. The van der Waals surface area contributed by atoms with Crippen LogP contribution in [0, 0.1) is 0 Å². The predicted molar refractivity (Wildman–Crippen MR) is 65.6 cm³/mol. The standard InChI is InChI=1S/C11H10F3N5/c12-11(13,14)6-1-3-17-8(5-6)19-7-2-4-18-10(16)9(7)15/h1-5H,15H2,(H3,16,17,18,19). The van der Waals surface area contributed by atoms with Crippen molar-refractivity contribution in [1.29, 1.82) is 0 Å². The van der Waals surface area contributed by atoms with E-state index in [9.17, 15) is 13.2 Å². The third kappa shape index (κ3) is 2.84. The van der Waals surface area contributed by atoms with E-state index in [2.05, 4.69) is 15.3 Å². The summed E-state index contributed by atoms with van der Waals surface area (Å²) in [6.07, 6.45) is -1.98. The lowest BCUT2D eigenvalue weighted by atomic mass is 10.2. The van der Waals surface area contributed by atoms with Crippen LogP contribution in [0.3, 0.4) is 0 Å². The molecule has 100 valence electrons. The molecule has 5 N–H and O–H groups in total. The van der Waals surface area contributed by atoms with Gasteiger partial charge in [-0.25, -0.2) is 9.97 Å². The van der Waals surface area contributed by atoms with Gasteiger partial charge in [0.15, 0.2) is 0 Å². The molecule has 0 saturated carbocycles. The Morgan fingerprint density at radius 2 is 1.74 bits per heavy atom. The van der Waals surface area contributed by atoms with Gasteiger partial charge in [-0.1, -0.05) is 0 Å². The fourth-order valence-corrected chi connectivity index (χ4v) is 1.41. The molecule has 0 radical (unpaired) electrons. The van der Waals surface area contributed by atoms with Crippen molar-refractivity contribution in [3.63, 3.8) is 0 Å². The molecule has 0 aliphatic carbocycles. The molecule has 0 unspecified atom stereocenters. The summed E-state index contributed by atoms with van der Waals surface area (Å²) < 4.78 is 37.6. The zero-order valence-electron chi connectivity index (χ0n) is 9.57. The topological polar surface area (TPSA) is 89.8 Å². The van der Waals surface area contributed by atoms with Crippen LogP contribution in [0.5, 0.6) is 0 Å². The van der Waals surface area contributed by atoms with Crippen LogP contribution in [0.4, 0.5) is 36.2 Å². The molecule has 0 aliphatic heterocycles. The molecule has 0 bridgehead atoms. The third-order valence-electron chi connectivity index (χ3n) is 2.37. The second-order valence-corrected chi connectivity index (χ2v) is 3.71. The van der Waals surface area contributed by atoms with Gasteiger partial charge in [-0.15, -0.1) is 0 Å². The Hall–Kier alpha value is -2.51. The van der Waals surface area contributed by atoms with Gasteiger partial charge in [-0.05, 0) is 18.2 Å². The van der Waals surface area contributed by atoms with Crippen molar-refractivity contribution in [3.05, 3.63) is 36.2 Å². The second kappa shape index (κ2) is 4.63. The normalized spacial score (nSPS) is 11.3. The first-order valence-corrected chi connectivity index (χ1v) is 5.18. The summed E-state index contributed by atoms with van der Waals surface area (Å²) in [7, 11) is 0. The average molecular weight is 269 g/mol. The molecule has 0 amide bonds. The van der Waals surface area contributed by atoms with Crippen LogP contribution in [0.25, 0.3) is 0 Å². The number of rotatable bonds is 2. The lowest BCUT2D eigenvalue weighted by Crippen LogP contribution is -2.07. The molecule has 0 saturated heterocycles. The van der Waals surface area contributed by atoms with Gasteiger partial charge in [0.05, 0.1) is 16.9 Å². The van der Waals surface area contributed by atoms with Crippen molar-refractivity contribution in [3.8, 4) is 0 Å². The third-order valence-corrected chi connectivity index (χ3v) is 2.37. The van der Waals surface area contributed by atoms with E-state index in [0.717, 1.165) is 18.3 Å². The van der Waals surface area contributed by atoms with Crippen molar-refractivity contribution in [2.75, 3.05) is 16.8 Å². The number of anilines is 4. The molecular weight excluding hydrogens is 259 g/mol. The van der Waals surface area contributed by atoms with Crippen LogP contribution in [-0.2, 0) is 6.18 Å². The van der Waals surface area contributed by atoms with Gasteiger partial charge in [0.1, 0.15) is 11.6 Å². The van der Waals surface area contributed by atoms with Gasteiger partial charge in [0.25, 0.3) is 0 Å². The molecule has 19 heavy (non-hydrogen) atoms. The summed E-state index contributed by atoms with van der Waals surface area (Å²) in [6.45, 7) is 0. The van der Waals surface area contributed by atoms with Gasteiger partial charge >= 0.3 is 6.18 Å². The number of halogens is 3. The largest absolute Gasteiger partial charge is 0.416 e. The smallest absolute Gasteiger partial charge is 0.394 e. The molecule has 8 heteroatoms. The lowest BCUT2D eigenvalue weighted by molar-refractivity contribution is -0.137.